The lowest BCUT2D eigenvalue weighted by Gasteiger charge is -2.28. The monoisotopic (exact) mass is 427 g/mol. The van der Waals surface area contributed by atoms with Crippen molar-refractivity contribution in [2.45, 2.75) is 46.6 Å². The van der Waals surface area contributed by atoms with Crippen molar-refractivity contribution in [1.29, 1.82) is 0 Å². The Morgan fingerprint density at radius 1 is 1.13 bits per heavy atom. The number of fused-ring (bicyclic) bond motifs is 1. The van der Waals surface area contributed by atoms with Crippen molar-refractivity contribution >= 4 is 11.0 Å². The first kappa shape index (κ1) is 23.2. The maximum absolute atomic E-state index is 13.4. The number of halogens is 1. The SMILES string of the molecule is CN(C)CC(C)(C)CNCc1cc2c(C(C)(C)C)nn(-c3ccc(F)cc3)c2[nH]c1=O. The molecule has 0 fully saturated rings. The highest BCUT2D eigenvalue weighted by Gasteiger charge is 2.25. The highest BCUT2D eigenvalue weighted by atomic mass is 19.1. The van der Waals surface area contributed by atoms with Crippen LogP contribution >= 0.6 is 0 Å². The van der Waals surface area contributed by atoms with E-state index in [0.29, 0.717) is 23.4 Å². The van der Waals surface area contributed by atoms with Gasteiger partial charge in [0.05, 0.1) is 11.4 Å². The van der Waals surface area contributed by atoms with Crippen molar-refractivity contribution in [3.05, 3.63) is 57.8 Å². The third-order valence-corrected chi connectivity index (χ3v) is 5.21. The number of H-pyrrole nitrogens is 1. The summed E-state index contributed by atoms with van der Waals surface area (Å²) in [7, 11) is 4.13. The number of pyridine rings is 1. The molecule has 168 valence electrons. The molecule has 2 aromatic heterocycles. The summed E-state index contributed by atoms with van der Waals surface area (Å²) in [4.78, 5) is 18.0. The molecule has 0 saturated heterocycles. The van der Waals surface area contributed by atoms with E-state index in [1.807, 2.05) is 6.07 Å². The Morgan fingerprint density at radius 3 is 2.35 bits per heavy atom. The minimum atomic E-state index is -0.310. The van der Waals surface area contributed by atoms with E-state index in [1.54, 1.807) is 16.8 Å². The van der Waals surface area contributed by atoms with Crippen LogP contribution in [0.1, 0.15) is 45.9 Å². The Balaban J connectivity index is 1.98. The largest absolute Gasteiger partial charge is 0.312 e. The normalized spacial score (nSPS) is 12.8. The molecule has 31 heavy (non-hydrogen) atoms. The quantitative estimate of drug-likeness (QED) is 0.602. The lowest BCUT2D eigenvalue weighted by atomic mass is 9.90. The molecule has 2 N–H and O–H groups in total. The van der Waals surface area contributed by atoms with E-state index in [2.05, 4.69) is 63.9 Å². The summed E-state index contributed by atoms with van der Waals surface area (Å²) in [5, 5.41) is 9.14. The third-order valence-electron chi connectivity index (χ3n) is 5.21. The maximum Gasteiger partial charge on any atom is 0.254 e. The van der Waals surface area contributed by atoms with E-state index in [0.717, 1.165) is 24.2 Å². The standard InChI is InChI=1S/C24H34FN5O/c1-23(2,3)20-19-12-16(13-26-14-24(4,5)15-29(6)7)22(31)27-21(19)30(28-20)18-10-8-17(25)9-11-18/h8-12,26H,13-15H2,1-7H3,(H,27,31). The molecule has 0 aliphatic rings. The summed E-state index contributed by atoms with van der Waals surface area (Å²) in [5.74, 6) is -0.310. The molecule has 0 aliphatic heterocycles. The van der Waals surface area contributed by atoms with Crippen LogP contribution in [0.2, 0.25) is 0 Å². The molecular weight excluding hydrogens is 393 g/mol. The number of hydrogen-bond donors (Lipinski definition) is 2. The summed E-state index contributed by atoms with van der Waals surface area (Å²) < 4.78 is 15.1. The lowest BCUT2D eigenvalue weighted by molar-refractivity contribution is 0.232. The molecule has 0 saturated carbocycles. The molecule has 0 spiro atoms. The predicted molar refractivity (Wildman–Crippen MR) is 124 cm³/mol. The number of aromatic amines is 1. The second kappa shape index (κ2) is 8.55. The van der Waals surface area contributed by atoms with Crippen LogP contribution in [0.4, 0.5) is 4.39 Å². The van der Waals surface area contributed by atoms with Gasteiger partial charge in [0.15, 0.2) is 0 Å². The van der Waals surface area contributed by atoms with Crippen LogP contribution in [0.3, 0.4) is 0 Å². The molecule has 0 unspecified atom stereocenters. The van der Waals surface area contributed by atoms with Gasteiger partial charge >= 0.3 is 0 Å². The highest BCUT2D eigenvalue weighted by molar-refractivity contribution is 5.81. The molecule has 0 amide bonds. The molecule has 2 heterocycles. The van der Waals surface area contributed by atoms with Gasteiger partial charge in [-0.05, 0) is 49.8 Å². The molecule has 0 aliphatic carbocycles. The average molecular weight is 428 g/mol. The van der Waals surface area contributed by atoms with Crippen LogP contribution in [0, 0.1) is 11.2 Å². The lowest BCUT2D eigenvalue weighted by Crippen LogP contribution is -2.38. The van der Waals surface area contributed by atoms with Crippen LogP contribution in [0.25, 0.3) is 16.7 Å². The van der Waals surface area contributed by atoms with Crippen LogP contribution in [0.15, 0.2) is 35.1 Å². The van der Waals surface area contributed by atoms with Crippen molar-refractivity contribution in [3.63, 3.8) is 0 Å². The predicted octanol–water partition coefficient (Wildman–Crippen LogP) is 3.83. The van der Waals surface area contributed by atoms with Crippen LogP contribution in [-0.4, -0.2) is 46.8 Å². The Hall–Kier alpha value is -2.51. The fourth-order valence-electron chi connectivity index (χ4n) is 4.02. The summed E-state index contributed by atoms with van der Waals surface area (Å²) in [6.07, 6.45) is 0. The second-order valence-corrected chi connectivity index (χ2v) is 10.4. The minimum Gasteiger partial charge on any atom is -0.312 e. The van der Waals surface area contributed by atoms with Crippen LogP contribution in [0.5, 0.6) is 0 Å². The fraction of sp³-hybridized carbons (Fsp3) is 0.500. The first-order valence-corrected chi connectivity index (χ1v) is 10.6. The van der Waals surface area contributed by atoms with Crippen molar-refractivity contribution in [1.82, 2.24) is 25.0 Å². The molecule has 0 atom stereocenters. The third kappa shape index (κ3) is 5.40. The zero-order chi connectivity index (χ0) is 23.0. The van der Waals surface area contributed by atoms with Gasteiger partial charge in [-0.25, -0.2) is 9.07 Å². The van der Waals surface area contributed by atoms with Crippen molar-refractivity contribution < 1.29 is 4.39 Å². The number of rotatable bonds is 7. The minimum absolute atomic E-state index is 0.0877. The zero-order valence-corrected chi connectivity index (χ0v) is 19.6. The molecule has 0 radical (unpaired) electrons. The number of aromatic nitrogens is 3. The van der Waals surface area contributed by atoms with Gasteiger partial charge in [-0.1, -0.05) is 34.6 Å². The molecule has 6 nitrogen and oxygen atoms in total. The van der Waals surface area contributed by atoms with Gasteiger partial charge < -0.3 is 15.2 Å². The topological polar surface area (TPSA) is 66.0 Å². The van der Waals surface area contributed by atoms with Crippen molar-refractivity contribution in [2.75, 3.05) is 27.2 Å². The van der Waals surface area contributed by atoms with Gasteiger partial charge in [0.25, 0.3) is 5.56 Å². The maximum atomic E-state index is 13.4. The van der Waals surface area contributed by atoms with E-state index in [-0.39, 0.29) is 22.2 Å². The highest BCUT2D eigenvalue weighted by Crippen LogP contribution is 2.30. The van der Waals surface area contributed by atoms with Gasteiger partial charge in [-0.15, -0.1) is 0 Å². The van der Waals surface area contributed by atoms with Gasteiger partial charge in [0.2, 0.25) is 0 Å². The summed E-state index contributed by atoms with van der Waals surface area (Å²) in [5.41, 5.74) is 2.61. The van der Waals surface area contributed by atoms with Crippen molar-refractivity contribution in [2.24, 2.45) is 5.41 Å². The Kier molecular flexibility index (Phi) is 6.39. The number of nitrogens with one attached hydrogen (secondary N) is 2. The Bertz CT molecular complexity index is 1100. The number of benzene rings is 1. The fourth-order valence-corrected chi connectivity index (χ4v) is 4.02. The van der Waals surface area contributed by atoms with Gasteiger partial charge in [-0.2, -0.15) is 5.10 Å². The van der Waals surface area contributed by atoms with Gasteiger partial charge in [-0.3, -0.25) is 4.79 Å². The number of nitrogens with zero attached hydrogens (tertiary/aromatic N) is 3. The van der Waals surface area contributed by atoms with Crippen LogP contribution in [-0.2, 0) is 12.0 Å². The van der Waals surface area contributed by atoms with Crippen LogP contribution < -0.4 is 10.9 Å². The first-order chi connectivity index (χ1) is 14.4. The van der Waals surface area contributed by atoms with E-state index in [4.69, 9.17) is 5.10 Å². The summed E-state index contributed by atoms with van der Waals surface area (Å²) in [6.45, 7) is 12.9. The average Bonchev–Trinajstić information content (AvgIpc) is 3.00. The molecular formula is C24H34FN5O. The molecule has 3 rings (SSSR count). The molecule has 0 bridgehead atoms. The van der Waals surface area contributed by atoms with E-state index in [9.17, 15) is 9.18 Å². The first-order valence-electron chi connectivity index (χ1n) is 10.6. The van der Waals surface area contributed by atoms with E-state index < -0.39 is 0 Å². The second-order valence-electron chi connectivity index (χ2n) is 10.4. The van der Waals surface area contributed by atoms with E-state index in [1.165, 1.54) is 12.1 Å². The van der Waals surface area contributed by atoms with E-state index >= 15 is 0 Å². The Labute approximate surface area is 183 Å². The summed E-state index contributed by atoms with van der Waals surface area (Å²) in [6, 6.07) is 8.05. The van der Waals surface area contributed by atoms with Gasteiger partial charge in [0.1, 0.15) is 11.5 Å². The number of hydrogen-bond acceptors (Lipinski definition) is 4. The molecule has 7 heteroatoms. The van der Waals surface area contributed by atoms with Gasteiger partial charge in [0, 0.05) is 36.0 Å². The smallest absolute Gasteiger partial charge is 0.254 e. The molecule has 3 aromatic rings. The summed E-state index contributed by atoms with van der Waals surface area (Å²) >= 11 is 0. The molecule has 1 aromatic carbocycles. The zero-order valence-electron chi connectivity index (χ0n) is 19.6. The Morgan fingerprint density at radius 2 is 1.77 bits per heavy atom. The van der Waals surface area contributed by atoms with Crippen molar-refractivity contribution in [3.8, 4) is 5.69 Å².